The van der Waals surface area contributed by atoms with Crippen LogP contribution in [0.5, 0.6) is 0 Å². The maximum absolute atomic E-state index is 13.1. The number of halogens is 2. The van der Waals surface area contributed by atoms with Crippen LogP contribution in [0, 0.1) is 11.8 Å². The number of fused-ring (bicyclic) bond motifs is 1. The maximum atomic E-state index is 13.1. The molecular formula is C9H14F2O2. The number of alkyl halides is 2. The summed E-state index contributed by atoms with van der Waals surface area (Å²) in [6.07, 6.45) is -1.39. The summed E-state index contributed by atoms with van der Waals surface area (Å²) in [5.74, 6) is -2.32. The summed E-state index contributed by atoms with van der Waals surface area (Å²) < 4.78 is 36.4. The second kappa shape index (κ2) is 2.89. The first-order chi connectivity index (χ1) is 6.02. The Kier molecular flexibility index (Phi) is 2.07. The third kappa shape index (κ3) is 1.36. The van der Waals surface area contributed by atoms with Gasteiger partial charge in [-0.25, -0.2) is 8.78 Å². The Labute approximate surface area is 76.2 Å². The van der Waals surface area contributed by atoms with Crippen LogP contribution in [0.3, 0.4) is 0 Å². The molecule has 0 bridgehead atoms. The van der Waals surface area contributed by atoms with Crippen molar-refractivity contribution >= 4 is 0 Å². The smallest absolute Gasteiger partial charge is 0.299 e. The first-order valence-corrected chi connectivity index (χ1v) is 4.63. The van der Waals surface area contributed by atoms with Gasteiger partial charge >= 0.3 is 0 Å². The molecule has 13 heavy (non-hydrogen) atoms. The van der Waals surface area contributed by atoms with Gasteiger partial charge in [0.2, 0.25) is 0 Å². The number of rotatable bonds is 1. The summed E-state index contributed by atoms with van der Waals surface area (Å²) in [5, 5.41) is 0. The molecule has 2 aliphatic heterocycles. The molecule has 0 saturated carbocycles. The molecule has 0 aromatic carbocycles. The Bertz CT molecular complexity index is 206. The van der Waals surface area contributed by atoms with Crippen molar-refractivity contribution in [2.45, 2.75) is 32.0 Å². The lowest BCUT2D eigenvalue weighted by Gasteiger charge is -2.18. The van der Waals surface area contributed by atoms with E-state index >= 15 is 0 Å². The summed E-state index contributed by atoms with van der Waals surface area (Å²) >= 11 is 0. The molecule has 2 heterocycles. The van der Waals surface area contributed by atoms with Gasteiger partial charge in [0.25, 0.3) is 5.92 Å². The minimum atomic E-state index is -2.78. The molecule has 0 N–H and O–H groups in total. The summed E-state index contributed by atoms with van der Waals surface area (Å²) in [6, 6.07) is 0. The standard InChI is InChI=1S/C9H14F2O2/c1-5(2)6-3-12-8-7(6)13-4-9(8,10)11/h5-8H,3-4H2,1-2H3/t6-,7+,8-/m1/s1. The highest BCUT2D eigenvalue weighted by Crippen LogP contribution is 2.42. The maximum Gasteiger partial charge on any atom is 0.299 e. The molecule has 0 aliphatic carbocycles. The fraction of sp³-hybridized carbons (Fsp3) is 1.00. The molecule has 2 aliphatic rings. The molecule has 0 radical (unpaired) electrons. The Balaban J connectivity index is 2.12. The third-order valence-corrected chi connectivity index (χ3v) is 2.93. The third-order valence-electron chi connectivity index (χ3n) is 2.93. The molecule has 3 atom stereocenters. The van der Waals surface area contributed by atoms with Crippen molar-refractivity contribution in [1.82, 2.24) is 0 Å². The van der Waals surface area contributed by atoms with E-state index in [1.54, 1.807) is 0 Å². The molecule has 0 spiro atoms. The van der Waals surface area contributed by atoms with E-state index in [2.05, 4.69) is 0 Å². The predicted molar refractivity (Wildman–Crippen MR) is 42.8 cm³/mol. The van der Waals surface area contributed by atoms with Gasteiger partial charge in [0.05, 0.1) is 12.7 Å². The number of hydrogen-bond acceptors (Lipinski definition) is 2. The lowest BCUT2D eigenvalue weighted by molar-refractivity contribution is -0.0960. The van der Waals surface area contributed by atoms with Crippen LogP contribution in [-0.2, 0) is 9.47 Å². The highest BCUT2D eigenvalue weighted by atomic mass is 19.3. The molecule has 2 nitrogen and oxygen atoms in total. The molecule has 0 amide bonds. The van der Waals surface area contributed by atoms with Crippen molar-refractivity contribution in [3.05, 3.63) is 0 Å². The van der Waals surface area contributed by atoms with Crippen LogP contribution in [0.4, 0.5) is 8.78 Å². The highest BCUT2D eigenvalue weighted by molar-refractivity contribution is 4.99. The van der Waals surface area contributed by atoms with Gasteiger partial charge in [0.15, 0.2) is 0 Å². The average molecular weight is 192 g/mol. The molecule has 2 fully saturated rings. The molecule has 4 heteroatoms. The first kappa shape index (κ1) is 9.34. The first-order valence-electron chi connectivity index (χ1n) is 4.63. The van der Waals surface area contributed by atoms with Crippen LogP contribution in [0.1, 0.15) is 13.8 Å². The van der Waals surface area contributed by atoms with E-state index in [0.717, 1.165) is 0 Å². The van der Waals surface area contributed by atoms with Gasteiger partial charge in [-0.3, -0.25) is 0 Å². The normalized spacial score (nSPS) is 42.7. The Morgan fingerprint density at radius 2 is 2.00 bits per heavy atom. The van der Waals surface area contributed by atoms with Gasteiger partial charge in [-0.2, -0.15) is 0 Å². The van der Waals surface area contributed by atoms with Crippen molar-refractivity contribution < 1.29 is 18.3 Å². The predicted octanol–water partition coefficient (Wildman–Crippen LogP) is 1.69. The van der Waals surface area contributed by atoms with E-state index in [-0.39, 0.29) is 5.92 Å². The monoisotopic (exact) mass is 192 g/mol. The van der Waals surface area contributed by atoms with Crippen LogP contribution in [0.15, 0.2) is 0 Å². The van der Waals surface area contributed by atoms with E-state index in [9.17, 15) is 8.78 Å². The van der Waals surface area contributed by atoms with Gasteiger partial charge < -0.3 is 9.47 Å². The Morgan fingerprint density at radius 1 is 1.31 bits per heavy atom. The van der Waals surface area contributed by atoms with Crippen LogP contribution in [0.25, 0.3) is 0 Å². The van der Waals surface area contributed by atoms with E-state index < -0.39 is 24.7 Å². The van der Waals surface area contributed by atoms with E-state index in [0.29, 0.717) is 12.5 Å². The lowest BCUT2D eigenvalue weighted by Crippen LogP contribution is -2.35. The van der Waals surface area contributed by atoms with Gasteiger partial charge in [-0.05, 0) is 5.92 Å². The van der Waals surface area contributed by atoms with Crippen molar-refractivity contribution in [1.29, 1.82) is 0 Å². The molecule has 2 saturated heterocycles. The van der Waals surface area contributed by atoms with Gasteiger partial charge in [-0.1, -0.05) is 13.8 Å². The molecule has 0 aromatic heterocycles. The van der Waals surface area contributed by atoms with Crippen molar-refractivity contribution in [3.63, 3.8) is 0 Å². The van der Waals surface area contributed by atoms with Crippen LogP contribution >= 0.6 is 0 Å². The molecule has 76 valence electrons. The number of hydrogen-bond donors (Lipinski definition) is 0. The fourth-order valence-electron chi connectivity index (χ4n) is 2.06. The van der Waals surface area contributed by atoms with Crippen molar-refractivity contribution in [3.8, 4) is 0 Å². The molecule has 2 rings (SSSR count). The minimum absolute atomic E-state index is 0.123. The summed E-state index contributed by atoms with van der Waals surface area (Å²) in [4.78, 5) is 0. The minimum Gasteiger partial charge on any atom is -0.369 e. The Hall–Kier alpha value is -0.220. The summed E-state index contributed by atoms with van der Waals surface area (Å²) in [6.45, 7) is 3.95. The second-order valence-electron chi connectivity index (χ2n) is 4.20. The molecular weight excluding hydrogens is 178 g/mol. The zero-order valence-electron chi connectivity index (χ0n) is 7.80. The second-order valence-corrected chi connectivity index (χ2v) is 4.20. The SMILES string of the molecule is CC(C)[C@H]1CO[C@@H]2[C@H]1OCC2(F)F. The van der Waals surface area contributed by atoms with Gasteiger partial charge in [0.1, 0.15) is 12.7 Å². The van der Waals surface area contributed by atoms with Crippen LogP contribution in [-0.4, -0.2) is 31.3 Å². The quantitative estimate of drug-likeness (QED) is 0.629. The molecule has 0 unspecified atom stereocenters. The van der Waals surface area contributed by atoms with Crippen LogP contribution < -0.4 is 0 Å². The zero-order valence-corrected chi connectivity index (χ0v) is 7.80. The van der Waals surface area contributed by atoms with Gasteiger partial charge in [-0.15, -0.1) is 0 Å². The van der Waals surface area contributed by atoms with E-state index in [4.69, 9.17) is 9.47 Å². The summed E-state index contributed by atoms with van der Waals surface area (Å²) in [7, 11) is 0. The fourth-order valence-corrected chi connectivity index (χ4v) is 2.06. The number of ether oxygens (including phenoxy) is 2. The topological polar surface area (TPSA) is 18.5 Å². The van der Waals surface area contributed by atoms with Crippen molar-refractivity contribution in [2.75, 3.05) is 13.2 Å². The largest absolute Gasteiger partial charge is 0.369 e. The molecule has 0 aromatic rings. The van der Waals surface area contributed by atoms with Crippen molar-refractivity contribution in [2.24, 2.45) is 11.8 Å². The van der Waals surface area contributed by atoms with E-state index in [1.165, 1.54) is 0 Å². The Morgan fingerprint density at radius 3 is 2.62 bits per heavy atom. The van der Waals surface area contributed by atoms with E-state index in [1.807, 2.05) is 13.8 Å². The van der Waals surface area contributed by atoms with Gasteiger partial charge in [0, 0.05) is 5.92 Å². The average Bonchev–Trinajstić information content (AvgIpc) is 2.52. The van der Waals surface area contributed by atoms with Crippen LogP contribution in [0.2, 0.25) is 0 Å². The zero-order chi connectivity index (χ0) is 9.64. The highest BCUT2D eigenvalue weighted by Gasteiger charge is 2.58. The summed E-state index contributed by atoms with van der Waals surface area (Å²) in [5.41, 5.74) is 0. The lowest BCUT2D eigenvalue weighted by atomic mass is 9.90.